The maximum Gasteiger partial charge on any atom is 0.420 e. The molecular formula is C16H10N2O3. The summed E-state index contributed by atoms with van der Waals surface area (Å²) in [6.07, 6.45) is 0.706. The molecular weight excluding hydrogens is 268 g/mol. The van der Waals surface area contributed by atoms with E-state index >= 15 is 0 Å². The fourth-order valence-electron chi connectivity index (χ4n) is 2.17. The lowest BCUT2D eigenvalue weighted by Crippen LogP contribution is -2.14. The highest BCUT2D eigenvalue weighted by atomic mass is 16.4. The van der Waals surface area contributed by atoms with Crippen molar-refractivity contribution in [2.24, 2.45) is 0 Å². The standard InChI is InChI=1S/C16H10N2O3/c17-8-11-1-3-12(4-2-11)9-18-14-6-5-13(10-19)7-15(14)21-16(18)20/h1-7,10H,9H2. The number of benzene rings is 2. The van der Waals surface area contributed by atoms with Gasteiger partial charge in [0.05, 0.1) is 23.7 Å². The van der Waals surface area contributed by atoms with Gasteiger partial charge in [-0.2, -0.15) is 5.26 Å². The van der Waals surface area contributed by atoms with Crippen LogP contribution in [0.4, 0.5) is 0 Å². The van der Waals surface area contributed by atoms with E-state index in [0.717, 1.165) is 5.56 Å². The Kier molecular flexibility index (Phi) is 3.13. The lowest BCUT2D eigenvalue weighted by molar-refractivity contribution is 0.112. The van der Waals surface area contributed by atoms with Crippen molar-refractivity contribution in [3.05, 3.63) is 69.7 Å². The summed E-state index contributed by atoms with van der Waals surface area (Å²) in [5.41, 5.74) is 2.94. The van der Waals surface area contributed by atoms with E-state index < -0.39 is 5.76 Å². The van der Waals surface area contributed by atoms with Crippen molar-refractivity contribution in [1.82, 2.24) is 4.57 Å². The fraction of sp³-hybridized carbons (Fsp3) is 0.0625. The van der Waals surface area contributed by atoms with Crippen LogP contribution in [0.2, 0.25) is 0 Å². The molecule has 5 heteroatoms. The first-order valence-electron chi connectivity index (χ1n) is 6.29. The molecule has 0 aliphatic carbocycles. The zero-order valence-electron chi connectivity index (χ0n) is 10.9. The molecule has 0 fully saturated rings. The first-order chi connectivity index (χ1) is 10.2. The minimum Gasteiger partial charge on any atom is -0.408 e. The number of oxazole rings is 1. The topological polar surface area (TPSA) is 76.0 Å². The number of aromatic nitrogens is 1. The predicted molar refractivity (Wildman–Crippen MR) is 76.1 cm³/mol. The molecule has 0 atom stereocenters. The number of aldehydes is 1. The van der Waals surface area contributed by atoms with Crippen LogP contribution < -0.4 is 5.76 Å². The van der Waals surface area contributed by atoms with Crippen LogP contribution in [0, 0.1) is 11.3 Å². The summed E-state index contributed by atoms with van der Waals surface area (Å²) in [4.78, 5) is 22.7. The number of nitrogens with zero attached hydrogens (tertiary/aromatic N) is 2. The molecule has 0 aliphatic heterocycles. The molecule has 2 aromatic carbocycles. The average molecular weight is 278 g/mol. The summed E-state index contributed by atoms with van der Waals surface area (Å²) in [7, 11) is 0. The Labute approximate surface area is 119 Å². The van der Waals surface area contributed by atoms with Gasteiger partial charge in [0.1, 0.15) is 6.29 Å². The Morgan fingerprint density at radius 3 is 2.62 bits per heavy atom. The Hall–Kier alpha value is -3.13. The van der Waals surface area contributed by atoms with Crippen LogP contribution in [0.15, 0.2) is 51.7 Å². The molecule has 0 radical (unpaired) electrons. The SMILES string of the molecule is N#Cc1ccc(Cn2c(=O)oc3cc(C=O)ccc32)cc1. The number of carbonyl (C=O) groups excluding carboxylic acids is 1. The minimum atomic E-state index is -0.475. The first-order valence-corrected chi connectivity index (χ1v) is 6.29. The normalized spacial score (nSPS) is 10.4. The van der Waals surface area contributed by atoms with Crippen LogP contribution in [0.3, 0.4) is 0 Å². The van der Waals surface area contributed by atoms with Crippen LogP contribution in [-0.4, -0.2) is 10.9 Å². The third-order valence-electron chi connectivity index (χ3n) is 3.25. The van der Waals surface area contributed by atoms with E-state index in [1.54, 1.807) is 42.5 Å². The highest BCUT2D eigenvalue weighted by Crippen LogP contribution is 2.16. The predicted octanol–water partition coefficient (Wildman–Crippen LogP) is 2.33. The van der Waals surface area contributed by atoms with Crippen molar-refractivity contribution in [2.45, 2.75) is 6.54 Å². The number of hydrogen-bond acceptors (Lipinski definition) is 4. The van der Waals surface area contributed by atoms with Crippen molar-refractivity contribution >= 4 is 17.4 Å². The van der Waals surface area contributed by atoms with E-state index in [1.165, 1.54) is 4.57 Å². The van der Waals surface area contributed by atoms with E-state index in [-0.39, 0.29) is 0 Å². The van der Waals surface area contributed by atoms with E-state index in [2.05, 4.69) is 0 Å². The van der Waals surface area contributed by atoms with Gasteiger partial charge in [-0.15, -0.1) is 0 Å². The summed E-state index contributed by atoms with van der Waals surface area (Å²) in [6.45, 7) is 0.345. The maximum atomic E-state index is 11.9. The first kappa shape index (κ1) is 12.9. The Morgan fingerprint density at radius 1 is 1.19 bits per heavy atom. The second-order valence-electron chi connectivity index (χ2n) is 4.61. The molecule has 0 amide bonds. The van der Waals surface area contributed by atoms with Crippen LogP contribution in [0.5, 0.6) is 0 Å². The summed E-state index contributed by atoms with van der Waals surface area (Å²) >= 11 is 0. The lowest BCUT2D eigenvalue weighted by atomic mass is 10.1. The Morgan fingerprint density at radius 2 is 1.95 bits per heavy atom. The monoisotopic (exact) mass is 278 g/mol. The molecule has 0 bridgehead atoms. The van der Waals surface area contributed by atoms with Crippen LogP contribution in [0.1, 0.15) is 21.5 Å². The highest BCUT2D eigenvalue weighted by Gasteiger charge is 2.10. The van der Waals surface area contributed by atoms with Gasteiger partial charge in [0.15, 0.2) is 5.58 Å². The highest BCUT2D eigenvalue weighted by molar-refractivity contribution is 5.83. The molecule has 0 saturated heterocycles. The van der Waals surface area contributed by atoms with Gasteiger partial charge in [0.2, 0.25) is 0 Å². The molecule has 1 heterocycles. The maximum absolute atomic E-state index is 11.9. The molecule has 3 aromatic rings. The number of nitriles is 1. The second kappa shape index (κ2) is 5.10. The average Bonchev–Trinajstić information content (AvgIpc) is 2.83. The lowest BCUT2D eigenvalue weighted by Gasteiger charge is -2.02. The summed E-state index contributed by atoms with van der Waals surface area (Å²) in [5, 5.41) is 8.77. The van der Waals surface area contributed by atoms with Crippen molar-refractivity contribution < 1.29 is 9.21 Å². The Balaban J connectivity index is 2.03. The Bertz CT molecular complexity index is 911. The van der Waals surface area contributed by atoms with E-state index in [0.29, 0.717) is 35.1 Å². The van der Waals surface area contributed by atoms with Crippen LogP contribution >= 0.6 is 0 Å². The number of rotatable bonds is 3. The van der Waals surface area contributed by atoms with Crippen molar-refractivity contribution in [3.8, 4) is 6.07 Å². The number of hydrogen-bond donors (Lipinski definition) is 0. The quantitative estimate of drug-likeness (QED) is 0.689. The molecule has 21 heavy (non-hydrogen) atoms. The van der Waals surface area contributed by atoms with Gasteiger partial charge in [0.25, 0.3) is 0 Å². The fourth-order valence-corrected chi connectivity index (χ4v) is 2.17. The molecule has 0 N–H and O–H groups in total. The van der Waals surface area contributed by atoms with Crippen LogP contribution in [0.25, 0.3) is 11.1 Å². The minimum absolute atomic E-state index is 0.345. The van der Waals surface area contributed by atoms with Gasteiger partial charge in [-0.05, 0) is 35.9 Å². The smallest absolute Gasteiger partial charge is 0.408 e. The molecule has 1 aromatic heterocycles. The number of carbonyl (C=O) groups is 1. The molecule has 0 unspecified atom stereocenters. The molecule has 5 nitrogen and oxygen atoms in total. The van der Waals surface area contributed by atoms with Gasteiger partial charge in [-0.25, -0.2) is 4.79 Å². The van der Waals surface area contributed by atoms with E-state index in [1.807, 2.05) is 6.07 Å². The molecule has 0 aliphatic rings. The zero-order valence-corrected chi connectivity index (χ0v) is 10.9. The summed E-state index contributed by atoms with van der Waals surface area (Å²) < 4.78 is 6.65. The van der Waals surface area contributed by atoms with Crippen LogP contribution in [-0.2, 0) is 6.54 Å². The molecule has 0 saturated carbocycles. The third kappa shape index (κ3) is 2.35. The summed E-state index contributed by atoms with van der Waals surface area (Å²) in [5.74, 6) is -0.475. The van der Waals surface area contributed by atoms with E-state index in [9.17, 15) is 9.59 Å². The van der Waals surface area contributed by atoms with Crippen molar-refractivity contribution in [1.29, 1.82) is 5.26 Å². The van der Waals surface area contributed by atoms with Gasteiger partial charge in [0, 0.05) is 5.56 Å². The third-order valence-corrected chi connectivity index (χ3v) is 3.25. The second-order valence-corrected chi connectivity index (χ2v) is 4.61. The zero-order chi connectivity index (χ0) is 14.8. The van der Waals surface area contributed by atoms with Gasteiger partial charge >= 0.3 is 5.76 Å². The van der Waals surface area contributed by atoms with E-state index in [4.69, 9.17) is 9.68 Å². The number of fused-ring (bicyclic) bond motifs is 1. The van der Waals surface area contributed by atoms with Gasteiger partial charge in [-0.1, -0.05) is 12.1 Å². The van der Waals surface area contributed by atoms with Gasteiger partial charge < -0.3 is 4.42 Å². The van der Waals surface area contributed by atoms with Gasteiger partial charge in [-0.3, -0.25) is 9.36 Å². The summed E-state index contributed by atoms with van der Waals surface area (Å²) in [6, 6.07) is 13.9. The van der Waals surface area contributed by atoms with Crippen molar-refractivity contribution in [2.75, 3.05) is 0 Å². The molecule has 0 spiro atoms. The largest absolute Gasteiger partial charge is 0.420 e. The molecule has 102 valence electrons. The van der Waals surface area contributed by atoms with Crippen molar-refractivity contribution in [3.63, 3.8) is 0 Å². The molecule has 3 rings (SSSR count).